The summed E-state index contributed by atoms with van der Waals surface area (Å²) in [6, 6.07) is 3.19. The number of benzene rings is 1. The van der Waals surface area contributed by atoms with Gasteiger partial charge in [0.25, 0.3) is 5.69 Å². The van der Waals surface area contributed by atoms with Gasteiger partial charge in [0, 0.05) is 17.0 Å². The predicted octanol–water partition coefficient (Wildman–Crippen LogP) is 3.67. The molecule has 0 spiro atoms. The average Bonchev–Trinajstić information content (AvgIpc) is 2.75. The molecule has 1 atom stereocenters. The third kappa shape index (κ3) is 2.87. The van der Waals surface area contributed by atoms with Crippen molar-refractivity contribution in [3.63, 3.8) is 0 Å². The summed E-state index contributed by atoms with van der Waals surface area (Å²) in [4.78, 5) is 15.5. The van der Waals surface area contributed by atoms with Crippen LogP contribution < -0.4 is 5.32 Å². The number of nitro groups is 1. The molecule has 100 valence electrons. The molecule has 0 saturated carbocycles. The molecule has 1 unspecified atom stereocenters. The first-order valence-electron chi connectivity index (χ1n) is 5.59. The molecule has 0 aliphatic rings. The lowest BCUT2D eigenvalue weighted by molar-refractivity contribution is -0.384. The number of hydrogen-bond acceptors (Lipinski definition) is 5. The van der Waals surface area contributed by atoms with Gasteiger partial charge in [-0.05, 0) is 19.9 Å². The highest BCUT2D eigenvalue weighted by Gasteiger charge is 2.18. The SMILES string of the molecule is Cc1ncsc1C(C)Nc1cc(F)ccc1[N+](=O)[O-]. The van der Waals surface area contributed by atoms with Crippen LogP contribution in [0.3, 0.4) is 0 Å². The van der Waals surface area contributed by atoms with Gasteiger partial charge in [0.15, 0.2) is 0 Å². The standard InChI is InChI=1S/C12H12FN3O2S/c1-7-12(19-6-14-7)8(2)15-10-5-9(13)3-4-11(10)16(17)18/h3-6,8,15H,1-2H3. The third-order valence-corrected chi connectivity index (χ3v) is 3.82. The third-order valence-electron chi connectivity index (χ3n) is 2.70. The maximum atomic E-state index is 13.2. The Labute approximate surface area is 113 Å². The van der Waals surface area contributed by atoms with Crippen molar-refractivity contribution >= 4 is 22.7 Å². The minimum absolute atomic E-state index is 0.143. The highest BCUT2D eigenvalue weighted by Crippen LogP contribution is 2.30. The van der Waals surface area contributed by atoms with Gasteiger partial charge in [-0.2, -0.15) is 0 Å². The van der Waals surface area contributed by atoms with E-state index in [1.165, 1.54) is 11.3 Å². The molecule has 19 heavy (non-hydrogen) atoms. The summed E-state index contributed by atoms with van der Waals surface area (Å²) in [5.41, 5.74) is 2.60. The lowest BCUT2D eigenvalue weighted by Gasteiger charge is -2.14. The molecule has 0 aliphatic carbocycles. The van der Waals surface area contributed by atoms with Crippen LogP contribution in [0.1, 0.15) is 23.5 Å². The van der Waals surface area contributed by atoms with E-state index in [1.807, 2.05) is 13.8 Å². The van der Waals surface area contributed by atoms with Gasteiger partial charge in [-0.1, -0.05) is 0 Å². The number of aryl methyl sites for hydroxylation is 1. The van der Waals surface area contributed by atoms with Crippen LogP contribution in [0.5, 0.6) is 0 Å². The van der Waals surface area contributed by atoms with Crippen LogP contribution in [0.15, 0.2) is 23.7 Å². The van der Waals surface area contributed by atoms with Crippen molar-refractivity contribution in [3.05, 3.63) is 50.2 Å². The van der Waals surface area contributed by atoms with Crippen LogP contribution in [-0.4, -0.2) is 9.91 Å². The molecule has 0 fully saturated rings. The Kier molecular flexibility index (Phi) is 3.75. The number of hydrogen-bond donors (Lipinski definition) is 1. The van der Waals surface area contributed by atoms with E-state index in [1.54, 1.807) is 5.51 Å². The number of nitrogens with one attached hydrogen (secondary N) is 1. The molecule has 1 heterocycles. The Bertz CT molecular complexity index is 615. The molecule has 0 amide bonds. The van der Waals surface area contributed by atoms with E-state index >= 15 is 0 Å². The van der Waals surface area contributed by atoms with Crippen molar-refractivity contribution in [1.29, 1.82) is 0 Å². The molecule has 0 saturated heterocycles. The molecular formula is C12H12FN3O2S. The predicted molar refractivity (Wildman–Crippen MR) is 71.9 cm³/mol. The zero-order valence-electron chi connectivity index (χ0n) is 10.4. The van der Waals surface area contributed by atoms with Crippen molar-refractivity contribution in [1.82, 2.24) is 4.98 Å². The van der Waals surface area contributed by atoms with E-state index in [0.29, 0.717) is 0 Å². The van der Waals surface area contributed by atoms with Crippen molar-refractivity contribution in [2.75, 3.05) is 5.32 Å². The number of halogens is 1. The van der Waals surface area contributed by atoms with Gasteiger partial charge >= 0.3 is 0 Å². The highest BCUT2D eigenvalue weighted by atomic mass is 32.1. The Morgan fingerprint density at radius 2 is 2.26 bits per heavy atom. The van der Waals surface area contributed by atoms with Crippen LogP contribution in [0.4, 0.5) is 15.8 Å². The number of nitro benzene ring substituents is 1. The maximum absolute atomic E-state index is 13.2. The molecule has 2 rings (SSSR count). The zero-order chi connectivity index (χ0) is 14.0. The summed E-state index contributed by atoms with van der Waals surface area (Å²) >= 11 is 1.46. The lowest BCUT2D eigenvalue weighted by atomic mass is 10.2. The monoisotopic (exact) mass is 281 g/mol. The maximum Gasteiger partial charge on any atom is 0.292 e. The summed E-state index contributed by atoms with van der Waals surface area (Å²) in [6.07, 6.45) is 0. The van der Waals surface area contributed by atoms with Gasteiger partial charge in [-0.3, -0.25) is 10.1 Å². The second-order valence-electron chi connectivity index (χ2n) is 4.09. The smallest absolute Gasteiger partial charge is 0.292 e. The van der Waals surface area contributed by atoms with Crippen molar-refractivity contribution in [3.8, 4) is 0 Å². The summed E-state index contributed by atoms with van der Waals surface area (Å²) in [5.74, 6) is -0.513. The van der Waals surface area contributed by atoms with Crippen molar-refractivity contribution in [2.24, 2.45) is 0 Å². The second kappa shape index (κ2) is 5.31. The highest BCUT2D eigenvalue weighted by molar-refractivity contribution is 7.09. The lowest BCUT2D eigenvalue weighted by Crippen LogP contribution is -2.08. The van der Waals surface area contributed by atoms with Crippen LogP contribution in [0.2, 0.25) is 0 Å². The van der Waals surface area contributed by atoms with Crippen LogP contribution in [0.25, 0.3) is 0 Å². The van der Waals surface area contributed by atoms with Crippen LogP contribution in [-0.2, 0) is 0 Å². The van der Waals surface area contributed by atoms with E-state index in [2.05, 4.69) is 10.3 Å². The Hall–Kier alpha value is -2.02. The fraction of sp³-hybridized carbons (Fsp3) is 0.250. The summed E-state index contributed by atoms with van der Waals surface area (Å²) in [5, 5.41) is 13.9. The van der Waals surface area contributed by atoms with Crippen LogP contribution in [0, 0.1) is 22.9 Å². The van der Waals surface area contributed by atoms with E-state index in [-0.39, 0.29) is 17.4 Å². The first-order valence-corrected chi connectivity index (χ1v) is 6.47. The molecule has 0 radical (unpaired) electrons. The van der Waals surface area contributed by atoms with Crippen molar-refractivity contribution in [2.45, 2.75) is 19.9 Å². The van der Waals surface area contributed by atoms with Gasteiger partial charge in [0.05, 0.1) is 22.2 Å². The van der Waals surface area contributed by atoms with E-state index < -0.39 is 10.7 Å². The van der Waals surface area contributed by atoms with Gasteiger partial charge in [0.1, 0.15) is 11.5 Å². The number of anilines is 1. The van der Waals surface area contributed by atoms with Gasteiger partial charge < -0.3 is 5.32 Å². The quantitative estimate of drug-likeness (QED) is 0.685. The minimum atomic E-state index is -0.534. The Morgan fingerprint density at radius 3 is 2.84 bits per heavy atom. The van der Waals surface area contributed by atoms with Crippen molar-refractivity contribution < 1.29 is 9.31 Å². The number of rotatable bonds is 4. The first kappa shape index (κ1) is 13.4. The molecular weight excluding hydrogens is 269 g/mol. The second-order valence-corrected chi connectivity index (χ2v) is 4.97. The topological polar surface area (TPSA) is 68.1 Å². The number of nitrogens with zero attached hydrogens (tertiary/aromatic N) is 2. The summed E-state index contributed by atoms with van der Waals surface area (Å²) in [7, 11) is 0. The van der Waals surface area contributed by atoms with Gasteiger partial charge in [0.2, 0.25) is 0 Å². The molecule has 1 N–H and O–H groups in total. The number of thiazole rings is 1. The zero-order valence-corrected chi connectivity index (χ0v) is 11.2. The Morgan fingerprint density at radius 1 is 1.53 bits per heavy atom. The molecule has 5 nitrogen and oxygen atoms in total. The van der Waals surface area contributed by atoms with E-state index in [4.69, 9.17) is 0 Å². The molecule has 2 aromatic rings. The fourth-order valence-corrected chi connectivity index (χ4v) is 2.62. The molecule has 0 aliphatic heterocycles. The van der Waals surface area contributed by atoms with E-state index in [0.717, 1.165) is 28.8 Å². The van der Waals surface area contributed by atoms with Crippen LogP contribution >= 0.6 is 11.3 Å². The van der Waals surface area contributed by atoms with E-state index in [9.17, 15) is 14.5 Å². The number of aromatic nitrogens is 1. The molecule has 1 aromatic heterocycles. The van der Waals surface area contributed by atoms with Gasteiger partial charge in [-0.15, -0.1) is 11.3 Å². The largest absolute Gasteiger partial charge is 0.372 e. The average molecular weight is 281 g/mol. The normalized spacial score (nSPS) is 12.2. The summed E-state index contributed by atoms with van der Waals surface area (Å²) < 4.78 is 13.2. The summed E-state index contributed by atoms with van der Waals surface area (Å²) in [6.45, 7) is 3.72. The molecule has 1 aromatic carbocycles. The van der Waals surface area contributed by atoms with Gasteiger partial charge in [-0.25, -0.2) is 9.37 Å². The molecule has 7 heteroatoms. The fourth-order valence-electron chi connectivity index (χ4n) is 1.81. The minimum Gasteiger partial charge on any atom is -0.372 e. The molecule has 0 bridgehead atoms. The first-order chi connectivity index (χ1) is 8.99. The Balaban J connectivity index is 2.30.